The van der Waals surface area contributed by atoms with Crippen LogP contribution in [-0.2, 0) is 11.3 Å². The number of rotatable bonds is 6. The molecular weight excluding hydrogens is 308 g/mol. The normalized spacial score (nSPS) is 22.6. The minimum atomic E-state index is -0.150. The van der Waals surface area contributed by atoms with E-state index >= 15 is 0 Å². The molecule has 1 spiro atoms. The Morgan fingerprint density at radius 2 is 2.25 bits per heavy atom. The molecule has 2 saturated heterocycles. The van der Waals surface area contributed by atoms with Crippen LogP contribution in [0.15, 0.2) is 45.8 Å². The Balaban J connectivity index is 1.25. The molecule has 1 atom stereocenters. The van der Waals surface area contributed by atoms with E-state index in [1.807, 2.05) is 6.07 Å². The summed E-state index contributed by atoms with van der Waals surface area (Å²) in [7, 11) is 0. The first-order valence-corrected chi connectivity index (χ1v) is 8.44. The van der Waals surface area contributed by atoms with E-state index in [0.29, 0.717) is 18.2 Å². The van der Waals surface area contributed by atoms with E-state index in [4.69, 9.17) is 13.6 Å². The molecule has 2 fully saturated rings. The Labute approximate surface area is 140 Å². The Bertz CT molecular complexity index is 659. The fourth-order valence-electron chi connectivity index (χ4n) is 3.86. The van der Waals surface area contributed by atoms with Crippen molar-refractivity contribution in [1.29, 1.82) is 0 Å². The van der Waals surface area contributed by atoms with Gasteiger partial charge < -0.3 is 18.9 Å². The van der Waals surface area contributed by atoms with Crippen LogP contribution in [0.1, 0.15) is 29.0 Å². The molecule has 0 unspecified atom stereocenters. The van der Waals surface area contributed by atoms with Crippen LogP contribution in [0.3, 0.4) is 0 Å². The van der Waals surface area contributed by atoms with Gasteiger partial charge in [-0.3, -0.25) is 9.69 Å². The molecule has 0 radical (unpaired) electrons. The lowest BCUT2D eigenvalue weighted by atomic mass is 9.79. The number of nitrogens with zero attached hydrogens (tertiary/aromatic N) is 1. The summed E-state index contributed by atoms with van der Waals surface area (Å²) in [6.07, 6.45) is 7.02. The van der Waals surface area contributed by atoms with Crippen molar-refractivity contribution in [2.75, 3.05) is 26.2 Å². The highest BCUT2D eigenvalue weighted by molar-refractivity contribution is 5.91. The van der Waals surface area contributed by atoms with E-state index in [-0.39, 0.29) is 11.5 Å². The summed E-state index contributed by atoms with van der Waals surface area (Å²) in [5, 5.41) is 2.93. The maximum atomic E-state index is 11.9. The third-order valence-corrected chi connectivity index (χ3v) is 5.09. The molecule has 0 saturated carbocycles. The van der Waals surface area contributed by atoms with Gasteiger partial charge in [0.15, 0.2) is 5.76 Å². The monoisotopic (exact) mass is 330 g/mol. The Hall–Kier alpha value is -2.05. The third kappa shape index (κ3) is 2.99. The predicted molar refractivity (Wildman–Crippen MR) is 86.4 cm³/mol. The van der Waals surface area contributed by atoms with Crippen molar-refractivity contribution in [2.24, 2.45) is 5.92 Å². The third-order valence-electron chi connectivity index (χ3n) is 5.09. The molecule has 4 heterocycles. The van der Waals surface area contributed by atoms with Gasteiger partial charge in [-0.15, -0.1) is 0 Å². The second-order valence-electron chi connectivity index (χ2n) is 6.70. The number of nitrogens with one attached hydrogen (secondary N) is 1. The molecule has 0 aliphatic carbocycles. The number of carbonyl (C=O) groups excluding carboxylic acids is 1. The Morgan fingerprint density at radius 3 is 3.00 bits per heavy atom. The van der Waals surface area contributed by atoms with Crippen LogP contribution < -0.4 is 5.32 Å². The van der Waals surface area contributed by atoms with E-state index < -0.39 is 0 Å². The van der Waals surface area contributed by atoms with Crippen molar-refractivity contribution in [2.45, 2.75) is 25.0 Å². The molecule has 2 aromatic heterocycles. The second kappa shape index (κ2) is 6.45. The Kier molecular flexibility index (Phi) is 4.16. The summed E-state index contributed by atoms with van der Waals surface area (Å²) in [5.74, 6) is 0.709. The number of hydrogen-bond acceptors (Lipinski definition) is 5. The average Bonchev–Trinajstić information content (AvgIpc) is 3.28. The zero-order valence-corrected chi connectivity index (χ0v) is 13.6. The van der Waals surface area contributed by atoms with Crippen LogP contribution in [0, 0.1) is 5.92 Å². The highest BCUT2D eigenvalue weighted by Gasteiger charge is 2.52. The van der Waals surface area contributed by atoms with Crippen LogP contribution >= 0.6 is 0 Å². The summed E-state index contributed by atoms with van der Waals surface area (Å²) in [4.78, 5) is 14.3. The second-order valence-corrected chi connectivity index (χ2v) is 6.70. The zero-order chi connectivity index (χ0) is 16.4. The van der Waals surface area contributed by atoms with Gasteiger partial charge in [0, 0.05) is 38.3 Å². The van der Waals surface area contributed by atoms with Crippen molar-refractivity contribution in [3.05, 3.63) is 48.3 Å². The van der Waals surface area contributed by atoms with Gasteiger partial charge in [0.2, 0.25) is 0 Å². The van der Waals surface area contributed by atoms with Gasteiger partial charge in [0.1, 0.15) is 0 Å². The van der Waals surface area contributed by atoms with E-state index in [2.05, 4.69) is 10.2 Å². The molecule has 0 bridgehead atoms. The zero-order valence-electron chi connectivity index (χ0n) is 13.6. The largest absolute Gasteiger partial charge is 0.472 e. The number of hydrogen-bond donors (Lipinski definition) is 1. The molecule has 1 N–H and O–H groups in total. The average molecular weight is 330 g/mol. The van der Waals surface area contributed by atoms with Gasteiger partial charge in [0.05, 0.1) is 24.4 Å². The Morgan fingerprint density at radius 1 is 1.33 bits per heavy atom. The highest BCUT2D eigenvalue weighted by Crippen LogP contribution is 2.42. The van der Waals surface area contributed by atoms with Crippen molar-refractivity contribution in [3.63, 3.8) is 0 Å². The minimum absolute atomic E-state index is 0.0286. The maximum absolute atomic E-state index is 11.9. The molecule has 24 heavy (non-hydrogen) atoms. The van der Waals surface area contributed by atoms with Crippen molar-refractivity contribution in [1.82, 2.24) is 10.2 Å². The predicted octanol–water partition coefficient (Wildman–Crippen LogP) is 2.28. The summed E-state index contributed by atoms with van der Waals surface area (Å²) in [6.45, 7) is 4.28. The van der Waals surface area contributed by atoms with E-state index in [1.165, 1.54) is 11.8 Å². The number of ether oxygens (including phenoxy) is 1. The molecule has 6 heteroatoms. The van der Waals surface area contributed by atoms with E-state index in [0.717, 1.165) is 39.1 Å². The molecule has 2 aliphatic rings. The van der Waals surface area contributed by atoms with Gasteiger partial charge in [-0.25, -0.2) is 0 Å². The standard InChI is InChI=1S/C18H22N2O4/c21-17(16-2-1-7-23-16)19-6-3-15-5-9-24-18(15)12-20(13-18)10-14-4-8-22-11-14/h1-2,4,7-8,11,15H,3,5-6,9-10,12-13H2,(H,19,21)/t15-/m1/s1. The van der Waals surface area contributed by atoms with Crippen LogP contribution in [0.25, 0.3) is 0 Å². The molecule has 4 rings (SSSR count). The smallest absolute Gasteiger partial charge is 0.286 e. The van der Waals surface area contributed by atoms with Gasteiger partial charge in [-0.05, 0) is 37.0 Å². The summed E-state index contributed by atoms with van der Waals surface area (Å²) in [6, 6.07) is 5.40. The molecule has 2 aromatic rings. The fourth-order valence-corrected chi connectivity index (χ4v) is 3.86. The lowest BCUT2D eigenvalue weighted by Gasteiger charge is -2.50. The molecule has 1 amide bonds. The summed E-state index contributed by atoms with van der Waals surface area (Å²) in [5.41, 5.74) is 1.17. The lowest BCUT2D eigenvalue weighted by molar-refractivity contribution is -0.136. The lowest BCUT2D eigenvalue weighted by Crippen LogP contribution is -2.64. The first kappa shape index (κ1) is 15.5. The molecule has 2 aliphatic heterocycles. The SMILES string of the molecule is O=C(NCC[C@@H]1CCOC12CN(Cc1ccoc1)C2)c1ccco1. The van der Waals surface area contributed by atoms with Crippen molar-refractivity contribution in [3.8, 4) is 0 Å². The maximum Gasteiger partial charge on any atom is 0.286 e. The molecule has 128 valence electrons. The van der Waals surface area contributed by atoms with Crippen LogP contribution in [0.4, 0.5) is 0 Å². The summed E-state index contributed by atoms with van der Waals surface area (Å²) >= 11 is 0. The van der Waals surface area contributed by atoms with Crippen LogP contribution in [0.2, 0.25) is 0 Å². The van der Waals surface area contributed by atoms with Gasteiger partial charge in [-0.1, -0.05) is 0 Å². The molecular formula is C18H22N2O4. The first-order chi connectivity index (χ1) is 11.8. The van der Waals surface area contributed by atoms with Crippen molar-refractivity contribution >= 4 is 5.91 Å². The number of furan rings is 2. The minimum Gasteiger partial charge on any atom is -0.472 e. The van der Waals surface area contributed by atoms with Gasteiger partial charge in [-0.2, -0.15) is 0 Å². The van der Waals surface area contributed by atoms with E-state index in [9.17, 15) is 4.79 Å². The summed E-state index contributed by atoms with van der Waals surface area (Å²) < 4.78 is 16.3. The van der Waals surface area contributed by atoms with Crippen LogP contribution in [-0.4, -0.2) is 42.6 Å². The number of carbonyl (C=O) groups is 1. The number of likely N-dealkylation sites (tertiary alicyclic amines) is 1. The molecule has 6 nitrogen and oxygen atoms in total. The van der Waals surface area contributed by atoms with Gasteiger partial charge in [0.25, 0.3) is 5.91 Å². The van der Waals surface area contributed by atoms with Crippen LogP contribution in [0.5, 0.6) is 0 Å². The fraction of sp³-hybridized carbons (Fsp3) is 0.500. The quantitative estimate of drug-likeness (QED) is 0.880. The first-order valence-electron chi connectivity index (χ1n) is 8.44. The molecule has 0 aromatic carbocycles. The van der Waals surface area contributed by atoms with Gasteiger partial charge >= 0.3 is 0 Å². The van der Waals surface area contributed by atoms with E-state index in [1.54, 1.807) is 24.7 Å². The highest BCUT2D eigenvalue weighted by atomic mass is 16.5. The topological polar surface area (TPSA) is 67.8 Å². The van der Waals surface area contributed by atoms with Crippen molar-refractivity contribution < 1.29 is 18.4 Å². The number of amides is 1.